The summed E-state index contributed by atoms with van der Waals surface area (Å²) in [6.07, 6.45) is 24.7. The van der Waals surface area contributed by atoms with E-state index in [9.17, 15) is 0 Å². The number of allylic oxidation sites excluding steroid dienone is 16. The van der Waals surface area contributed by atoms with Gasteiger partial charge in [-0.15, -0.1) is 0 Å². The smallest absolute Gasteiger partial charge is 0.210 e. The fourth-order valence-electron chi connectivity index (χ4n) is 16.3. The van der Waals surface area contributed by atoms with Crippen molar-refractivity contribution in [3.05, 3.63) is 260 Å². The van der Waals surface area contributed by atoms with E-state index in [1.165, 1.54) is 133 Å². The van der Waals surface area contributed by atoms with E-state index in [0.717, 1.165) is 61.7 Å². The molecule has 8 aromatic rings. The van der Waals surface area contributed by atoms with Crippen molar-refractivity contribution in [3.8, 4) is 0 Å². The van der Waals surface area contributed by atoms with Crippen LogP contribution in [0.3, 0.4) is 0 Å². The normalized spacial score (nSPS) is 21.4. The Labute approximate surface area is 519 Å². The van der Waals surface area contributed by atoms with Gasteiger partial charge in [0.2, 0.25) is 24.5 Å². The van der Waals surface area contributed by atoms with Crippen LogP contribution >= 0.6 is 23.2 Å². The van der Waals surface area contributed by atoms with E-state index in [1.807, 2.05) is 0 Å². The fourth-order valence-corrected chi connectivity index (χ4v) is 16.9. The van der Waals surface area contributed by atoms with Crippen LogP contribution in [0.1, 0.15) is 116 Å². The first-order valence-corrected chi connectivity index (χ1v) is 32.0. The molecule has 0 atom stereocenters. The van der Waals surface area contributed by atoms with Gasteiger partial charge in [0.05, 0.1) is 10.8 Å². The van der Waals surface area contributed by atoms with E-state index in [-0.39, 0.29) is 21.7 Å². The standard InChI is InChI=1S/C80H78Cl2N4/c1-77(2)67(83(9)63-41-33-51-21-11-15-29-59(51)71(63)77)45-37-55-25-19-27-57(75(55)81)39-47-69-79(5,6)73-61-31-17-13-23-53(61)35-43-65(73)85(69)49-50-86-66-44-36-54-24-14-18-32-62(54)74(66)80(7,8)70(86)48-40-58-28-20-26-56(76(58)82)38-46-68-78(3,4)72-60-30-16-12-22-52(60)34-42-64(72)84(68)10/h11-18,21-24,29-48H,19-20,25-28,49-50H2,1-10H3/q+2. The molecule has 0 saturated carbocycles. The molecule has 0 fully saturated rings. The molecule has 0 N–H and O–H groups in total. The highest BCUT2D eigenvalue weighted by atomic mass is 35.5. The Kier molecular flexibility index (Phi) is 13.7. The first-order valence-electron chi connectivity index (χ1n) is 31.2. The summed E-state index contributed by atoms with van der Waals surface area (Å²) in [6.45, 7) is 20.7. The molecule has 430 valence electrons. The number of halogens is 2. The fraction of sp³-hybridized carbons (Fsp3) is 0.275. The first kappa shape index (κ1) is 56.1. The Bertz CT molecular complexity index is 4280. The van der Waals surface area contributed by atoms with Crippen molar-refractivity contribution in [1.82, 2.24) is 0 Å². The molecule has 2 aliphatic carbocycles. The highest BCUT2D eigenvalue weighted by molar-refractivity contribution is 6.33. The third kappa shape index (κ3) is 8.82. The lowest BCUT2D eigenvalue weighted by atomic mass is 9.78. The average Bonchev–Trinajstić information content (AvgIpc) is 1.63. The van der Waals surface area contributed by atoms with Gasteiger partial charge in [-0.05, 0) is 179 Å². The molecule has 14 rings (SSSR count). The van der Waals surface area contributed by atoms with Crippen molar-refractivity contribution in [2.24, 2.45) is 0 Å². The molecule has 4 aliphatic heterocycles. The quantitative estimate of drug-likeness (QED) is 0.134. The van der Waals surface area contributed by atoms with Gasteiger partial charge in [0, 0.05) is 93.2 Å². The molecule has 0 amide bonds. The number of fused-ring (bicyclic) bond motifs is 12. The number of likely N-dealkylation sites (N-methyl/N-ethyl adjacent to an activating group) is 2. The average molecular weight is 1170 g/mol. The van der Waals surface area contributed by atoms with Crippen LogP contribution in [-0.4, -0.2) is 47.8 Å². The van der Waals surface area contributed by atoms with Gasteiger partial charge >= 0.3 is 0 Å². The highest BCUT2D eigenvalue weighted by Gasteiger charge is 2.49. The van der Waals surface area contributed by atoms with Crippen LogP contribution in [0.5, 0.6) is 0 Å². The van der Waals surface area contributed by atoms with Gasteiger partial charge in [-0.1, -0.05) is 184 Å². The maximum Gasteiger partial charge on any atom is 0.210 e. The van der Waals surface area contributed by atoms with Crippen molar-refractivity contribution < 1.29 is 9.15 Å². The van der Waals surface area contributed by atoms with Crippen LogP contribution in [0.4, 0.5) is 22.7 Å². The van der Waals surface area contributed by atoms with Gasteiger partial charge in [0.1, 0.15) is 0 Å². The third-order valence-corrected chi connectivity index (χ3v) is 21.5. The topological polar surface area (TPSA) is 12.5 Å². The lowest BCUT2D eigenvalue weighted by molar-refractivity contribution is -0.515. The molecule has 4 heterocycles. The van der Waals surface area contributed by atoms with Crippen molar-refractivity contribution in [2.75, 3.05) is 37.0 Å². The zero-order chi connectivity index (χ0) is 59.6. The van der Waals surface area contributed by atoms with E-state index in [0.29, 0.717) is 0 Å². The van der Waals surface area contributed by atoms with Gasteiger partial charge in [-0.2, -0.15) is 9.15 Å². The second kappa shape index (κ2) is 21.0. The van der Waals surface area contributed by atoms with E-state index in [4.69, 9.17) is 23.2 Å². The minimum Gasteiger partial charge on any atom is -0.347 e. The second-order valence-corrected chi connectivity index (χ2v) is 27.7. The van der Waals surface area contributed by atoms with Gasteiger partial charge in [0.15, 0.2) is 11.4 Å². The molecule has 0 aromatic heterocycles. The molecule has 0 bridgehead atoms. The van der Waals surface area contributed by atoms with Gasteiger partial charge in [-0.3, -0.25) is 0 Å². The number of nitrogens with zero attached hydrogens (tertiary/aromatic N) is 4. The van der Waals surface area contributed by atoms with Crippen LogP contribution in [0, 0.1) is 0 Å². The van der Waals surface area contributed by atoms with Crippen LogP contribution in [0.2, 0.25) is 0 Å². The van der Waals surface area contributed by atoms with E-state index in [2.05, 4.69) is 283 Å². The Morgan fingerprint density at radius 3 is 1.09 bits per heavy atom. The van der Waals surface area contributed by atoms with Gasteiger partial charge in [-0.25, -0.2) is 0 Å². The minimum absolute atomic E-state index is 0.172. The predicted octanol–water partition coefficient (Wildman–Crippen LogP) is 20.7. The molecule has 0 unspecified atom stereocenters. The molecule has 6 heteroatoms. The third-order valence-electron chi connectivity index (χ3n) is 20.5. The van der Waals surface area contributed by atoms with Crippen LogP contribution in [0.25, 0.3) is 43.1 Å². The maximum absolute atomic E-state index is 7.60. The SMILES string of the molecule is CN1C(=CC=C2CCCC(C=CC3=[N+](CC[N+]4=C(C=CC5=C(Cl)C(=CC=C6N(C)c7ccc8ccccc8c7C6(C)C)CCC5)C(C)(C)c5c4ccc4ccccc54)c4ccc5ccccc5c4C3(C)C)=C2Cl)C(C)(C)c2c1ccc1ccccc21. The lowest BCUT2D eigenvalue weighted by Gasteiger charge is -2.25. The summed E-state index contributed by atoms with van der Waals surface area (Å²) in [4.78, 5) is 4.76. The monoisotopic (exact) mass is 1160 g/mol. The number of rotatable bonds is 9. The van der Waals surface area contributed by atoms with Gasteiger partial charge < -0.3 is 9.80 Å². The summed E-state index contributed by atoms with van der Waals surface area (Å²) in [6, 6.07) is 53.9. The van der Waals surface area contributed by atoms with Crippen LogP contribution in [-0.2, 0) is 21.7 Å². The largest absolute Gasteiger partial charge is 0.347 e. The van der Waals surface area contributed by atoms with Crippen LogP contribution < -0.4 is 9.80 Å². The predicted molar refractivity (Wildman–Crippen MR) is 368 cm³/mol. The summed E-state index contributed by atoms with van der Waals surface area (Å²) in [5.74, 6) is 0. The molecule has 6 aliphatic rings. The molecule has 0 radical (unpaired) electrons. The number of benzene rings is 8. The number of hydrogen-bond acceptors (Lipinski definition) is 2. The zero-order valence-electron chi connectivity index (χ0n) is 51.7. The molecular formula is C80H78Cl2N4+2. The highest BCUT2D eigenvalue weighted by Crippen LogP contribution is 2.53. The summed E-state index contributed by atoms with van der Waals surface area (Å²) in [5, 5.41) is 12.1. The van der Waals surface area contributed by atoms with Crippen molar-refractivity contribution >= 4 is 100 Å². The molecule has 8 aromatic carbocycles. The van der Waals surface area contributed by atoms with Gasteiger partial charge in [0.25, 0.3) is 0 Å². The minimum atomic E-state index is -0.299. The van der Waals surface area contributed by atoms with E-state index in [1.54, 1.807) is 0 Å². The summed E-state index contributed by atoms with van der Waals surface area (Å²) in [7, 11) is 4.42. The number of hydrogen-bond donors (Lipinski definition) is 0. The van der Waals surface area contributed by atoms with E-state index < -0.39 is 0 Å². The Hall–Kier alpha value is -7.76. The van der Waals surface area contributed by atoms with E-state index >= 15 is 0 Å². The Morgan fingerprint density at radius 1 is 0.384 bits per heavy atom. The summed E-state index contributed by atoms with van der Waals surface area (Å²) < 4.78 is 5.25. The summed E-state index contributed by atoms with van der Waals surface area (Å²) >= 11 is 15.2. The van der Waals surface area contributed by atoms with Crippen molar-refractivity contribution in [1.29, 1.82) is 0 Å². The zero-order valence-corrected chi connectivity index (χ0v) is 53.2. The molecule has 0 spiro atoms. The first-order chi connectivity index (χ1) is 41.4. The molecular weight excluding hydrogens is 1090 g/mol. The Morgan fingerprint density at radius 2 is 0.721 bits per heavy atom. The molecule has 4 nitrogen and oxygen atoms in total. The number of anilines is 2. The molecule has 0 saturated heterocycles. The maximum atomic E-state index is 7.60. The van der Waals surface area contributed by atoms with Crippen molar-refractivity contribution in [3.63, 3.8) is 0 Å². The lowest BCUT2D eigenvalue weighted by Crippen LogP contribution is -2.32. The van der Waals surface area contributed by atoms with Crippen LogP contribution in [0.15, 0.2) is 238 Å². The Balaban J connectivity index is 0.831. The summed E-state index contributed by atoms with van der Waals surface area (Å²) in [5.41, 5.74) is 19.6. The molecule has 86 heavy (non-hydrogen) atoms. The van der Waals surface area contributed by atoms with Crippen molar-refractivity contribution in [2.45, 2.75) is 116 Å². The second-order valence-electron chi connectivity index (χ2n) is 27.0.